The number of nitrogens with zero attached hydrogens (tertiary/aromatic N) is 1. The molecule has 4 nitrogen and oxygen atoms in total. The van der Waals surface area contributed by atoms with E-state index < -0.39 is 7.12 Å². The van der Waals surface area contributed by atoms with Crippen molar-refractivity contribution in [3.63, 3.8) is 0 Å². The highest BCUT2D eigenvalue weighted by Crippen LogP contribution is 1.91. The summed E-state index contributed by atoms with van der Waals surface area (Å²) in [6, 6.07) is 1.64. The van der Waals surface area contributed by atoms with Gasteiger partial charge in [-0.2, -0.15) is 0 Å². The van der Waals surface area contributed by atoms with Gasteiger partial charge in [0.15, 0.2) is 0 Å². The van der Waals surface area contributed by atoms with Crippen molar-refractivity contribution >= 4 is 12.6 Å². The molecule has 0 unspecified atom stereocenters. The maximum Gasteiger partial charge on any atom is 0.489 e. The van der Waals surface area contributed by atoms with Crippen molar-refractivity contribution in [1.82, 2.24) is 4.57 Å². The van der Waals surface area contributed by atoms with Crippen LogP contribution in [0.1, 0.15) is 6.42 Å². The van der Waals surface area contributed by atoms with Crippen LogP contribution >= 0.6 is 0 Å². The summed E-state index contributed by atoms with van der Waals surface area (Å²) in [7, 11) is -1.40. The minimum absolute atomic E-state index is 0.148. The molecule has 1 rings (SSSR count). The predicted molar refractivity (Wildman–Crippen MR) is 46.0 cm³/mol. The highest BCUT2D eigenvalue weighted by Gasteiger charge is 2.11. The van der Waals surface area contributed by atoms with E-state index in [-0.39, 0.29) is 6.61 Å². The Hall–Kier alpha value is -0.775. The van der Waals surface area contributed by atoms with Gasteiger partial charge in [0.05, 0.1) is 0 Å². The number of aliphatic hydroxyl groups excluding tert-OH is 1. The van der Waals surface area contributed by atoms with E-state index in [1.165, 1.54) is 0 Å². The smallest absolute Gasteiger partial charge is 0.423 e. The number of hydrogen-bond donors (Lipinski definition) is 3. The molecule has 0 saturated carbocycles. The lowest BCUT2D eigenvalue weighted by atomic mass is 9.83. The summed E-state index contributed by atoms with van der Waals surface area (Å²) >= 11 is 0. The van der Waals surface area contributed by atoms with Crippen LogP contribution in [-0.2, 0) is 6.54 Å². The predicted octanol–water partition coefficient (Wildman–Crippen LogP) is -1.45. The van der Waals surface area contributed by atoms with Gasteiger partial charge in [0.25, 0.3) is 0 Å². The highest BCUT2D eigenvalue weighted by molar-refractivity contribution is 6.58. The lowest BCUT2D eigenvalue weighted by Crippen LogP contribution is -2.28. The topological polar surface area (TPSA) is 65.6 Å². The monoisotopic (exact) mass is 169 g/mol. The van der Waals surface area contributed by atoms with E-state index in [0.29, 0.717) is 18.4 Å². The SMILES string of the molecule is OCCCn1ccc(B(O)O)c1. The molecular formula is C7H12BNO3. The second kappa shape index (κ2) is 4.30. The first kappa shape index (κ1) is 9.31. The van der Waals surface area contributed by atoms with Gasteiger partial charge in [0.1, 0.15) is 0 Å². The zero-order chi connectivity index (χ0) is 8.97. The molecule has 1 aromatic rings. The fourth-order valence-electron chi connectivity index (χ4n) is 1.00. The molecule has 0 aliphatic rings. The Bertz CT molecular complexity index is 236. The molecular weight excluding hydrogens is 157 g/mol. The molecule has 66 valence electrons. The first-order valence-corrected chi connectivity index (χ1v) is 3.86. The molecule has 0 saturated heterocycles. The van der Waals surface area contributed by atoms with Crippen LogP contribution in [0.25, 0.3) is 0 Å². The summed E-state index contributed by atoms with van der Waals surface area (Å²) in [4.78, 5) is 0. The first-order valence-electron chi connectivity index (χ1n) is 3.86. The third-order valence-corrected chi connectivity index (χ3v) is 1.65. The quantitative estimate of drug-likeness (QED) is 0.483. The van der Waals surface area contributed by atoms with Crippen molar-refractivity contribution in [2.24, 2.45) is 0 Å². The van der Waals surface area contributed by atoms with Crippen LogP contribution in [0, 0.1) is 0 Å². The number of aryl methyl sites for hydroxylation is 1. The Morgan fingerprint density at radius 3 is 2.67 bits per heavy atom. The van der Waals surface area contributed by atoms with Crippen molar-refractivity contribution in [2.75, 3.05) is 6.61 Å². The van der Waals surface area contributed by atoms with E-state index in [0.717, 1.165) is 0 Å². The van der Waals surface area contributed by atoms with Gasteiger partial charge in [-0.25, -0.2) is 0 Å². The minimum atomic E-state index is -1.40. The first-order chi connectivity index (χ1) is 5.74. The van der Waals surface area contributed by atoms with Crippen LogP contribution < -0.4 is 5.46 Å². The molecule has 0 atom stereocenters. The van der Waals surface area contributed by atoms with E-state index >= 15 is 0 Å². The van der Waals surface area contributed by atoms with Crippen molar-refractivity contribution in [3.05, 3.63) is 18.5 Å². The molecule has 0 fully saturated rings. The summed E-state index contributed by atoms with van der Waals surface area (Å²) in [5, 5.41) is 26.0. The van der Waals surface area contributed by atoms with Crippen LogP contribution in [0.3, 0.4) is 0 Å². The largest absolute Gasteiger partial charge is 0.489 e. The maximum atomic E-state index is 8.76. The molecule has 1 aromatic heterocycles. The van der Waals surface area contributed by atoms with Gasteiger partial charge in [-0.05, 0) is 17.9 Å². The summed E-state index contributed by atoms with van der Waals surface area (Å²) in [6.45, 7) is 0.846. The second-order valence-electron chi connectivity index (χ2n) is 2.63. The van der Waals surface area contributed by atoms with Gasteiger partial charge in [0.2, 0.25) is 0 Å². The summed E-state index contributed by atoms with van der Waals surface area (Å²) in [6.07, 6.45) is 4.08. The Morgan fingerprint density at radius 1 is 1.42 bits per heavy atom. The summed E-state index contributed by atoms with van der Waals surface area (Å²) in [5.74, 6) is 0. The van der Waals surface area contributed by atoms with E-state index in [1.54, 1.807) is 18.5 Å². The van der Waals surface area contributed by atoms with Crippen LogP contribution in [0.15, 0.2) is 18.5 Å². The van der Waals surface area contributed by atoms with Crippen LogP contribution in [0.4, 0.5) is 0 Å². The fraction of sp³-hybridized carbons (Fsp3) is 0.429. The molecule has 0 radical (unpaired) electrons. The fourth-order valence-corrected chi connectivity index (χ4v) is 1.00. The zero-order valence-corrected chi connectivity index (χ0v) is 6.72. The Balaban J connectivity index is 2.52. The lowest BCUT2D eigenvalue weighted by Gasteiger charge is -1.98. The van der Waals surface area contributed by atoms with E-state index in [4.69, 9.17) is 15.2 Å². The van der Waals surface area contributed by atoms with Crippen molar-refractivity contribution in [1.29, 1.82) is 0 Å². The molecule has 12 heavy (non-hydrogen) atoms. The minimum Gasteiger partial charge on any atom is -0.423 e. The summed E-state index contributed by atoms with van der Waals surface area (Å²) < 4.78 is 1.81. The van der Waals surface area contributed by atoms with E-state index in [2.05, 4.69) is 0 Å². The van der Waals surface area contributed by atoms with E-state index in [9.17, 15) is 0 Å². The average molecular weight is 169 g/mol. The molecule has 5 heteroatoms. The zero-order valence-electron chi connectivity index (χ0n) is 6.72. The van der Waals surface area contributed by atoms with E-state index in [1.807, 2.05) is 4.57 Å². The average Bonchev–Trinajstić information content (AvgIpc) is 2.48. The lowest BCUT2D eigenvalue weighted by molar-refractivity contribution is 0.280. The molecule has 0 bridgehead atoms. The third kappa shape index (κ3) is 2.37. The second-order valence-corrected chi connectivity index (χ2v) is 2.63. The number of rotatable bonds is 4. The molecule has 0 aliphatic heterocycles. The van der Waals surface area contributed by atoms with Crippen LogP contribution in [-0.4, -0.2) is 33.4 Å². The van der Waals surface area contributed by atoms with Crippen LogP contribution in [0.5, 0.6) is 0 Å². The van der Waals surface area contributed by atoms with Gasteiger partial charge in [-0.1, -0.05) is 0 Å². The van der Waals surface area contributed by atoms with Crippen molar-refractivity contribution in [2.45, 2.75) is 13.0 Å². The van der Waals surface area contributed by atoms with Crippen molar-refractivity contribution < 1.29 is 15.2 Å². The van der Waals surface area contributed by atoms with Crippen molar-refractivity contribution in [3.8, 4) is 0 Å². The Morgan fingerprint density at radius 2 is 2.17 bits per heavy atom. The van der Waals surface area contributed by atoms with Gasteiger partial charge in [-0.15, -0.1) is 0 Å². The maximum absolute atomic E-state index is 8.76. The third-order valence-electron chi connectivity index (χ3n) is 1.65. The highest BCUT2D eigenvalue weighted by atomic mass is 16.4. The molecule has 0 spiro atoms. The molecule has 0 aliphatic carbocycles. The Labute approximate surface area is 71.2 Å². The molecule has 3 N–H and O–H groups in total. The normalized spacial score (nSPS) is 10.2. The number of aliphatic hydroxyl groups is 1. The summed E-state index contributed by atoms with van der Waals surface area (Å²) in [5.41, 5.74) is 0.480. The van der Waals surface area contributed by atoms with Gasteiger partial charge < -0.3 is 19.7 Å². The molecule has 1 heterocycles. The van der Waals surface area contributed by atoms with Gasteiger partial charge in [0, 0.05) is 25.5 Å². The molecule has 0 amide bonds. The number of aromatic nitrogens is 1. The Kier molecular flexibility index (Phi) is 3.34. The van der Waals surface area contributed by atoms with Gasteiger partial charge in [-0.3, -0.25) is 0 Å². The van der Waals surface area contributed by atoms with Gasteiger partial charge >= 0.3 is 7.12 Å². The molecule has 0 aromatic carbocycles. The number of hydrogen-bond acceptors (Lipinski definition) is 3. The standard InChI is InChI=1S/C7H12BNO3/c10-5-1-3-9-4-2-7(6-9)8(11)12/h2,4,6,10-12H,1,3,5H2. The van der Waals surface area contributed by atoms with Crippen LogP contribution in [0.2, 0.25) is 0 Å².